The Balaban J connectivity index is 1.37. The maximum atomic E-state index is 12.9. The van der Waals surface area contributed by atoms with Crippen LogP contribution in [0.1, 0.15) is 60.9 Å². The Bertz CT molecular complexity index is 985. The normalized spacial score (nSPS) is 19.6. The van der Waals surface area contributed by atoms with Crippen LogP contribution in [-0.2, 0) is 11.2 Å². The van der Waals surface area contributed by atoms with Crippen LogP contribution in [0.5, 0.6) is 5.75 Å². The number of fused-ring (bicyclic) bond motifs is 1. The van der Waals surface area contributed by atoms with Gasteiger partial charge in [-0.1, -0.05) is 37.6 Å². The van der Waals surface area contributed by atoms with Gasteiger partial charge in [-0.15, -0.1) is 0 Å². The Hall–Kier alpha value is -2.24. The molecule has 4 rings (SSSR count). The van der Waals surface area contributed by atoms with Gasteiger partial charge in [0.2, 0.25) is 5.91 Å². The molecule has 0 saturated carbocycles. The number of benzene rings is 2. The molecular formula is C26H34ClN3O2. The molecule has 1 amide bonds. The summed E-state index contributed by atoms with van der Waals surface area (Å²) in [5.41, 5.74) is 5.51. The van der Waals surface area contributed by atoms with Crippen LogP contribution in [0.2, 0.25) is 5.02 Å². The highest BCUT2D eigenvalue weighted by molar-refractivity contribution is 6.30. The number of rotatable bonds is 6. The summed E-state index contributed by atoms with van der Waals surface area (Å²) in [6, 6.07) is 9.95. The summed E-state index contributed by atoms with van der Waals surface area (Å²) in [6.45, 7) is 10.2. The van der Waals surface area contributed by atoms with Crippen molar-refractivity contribution in [3.63, 3.8) is 0 Å². The molecule has 2 aromatic rings. The first-order valence-corrected chi connectivity index (χ1v) is 12.1. The highest BCUT2D eigenvalue weighted by Crippen LogP contribution is 2.44. The molecule has 2 N–H and O–H groups in total. The van der Waals surface area contributed by atoms with Gasteiger partial charge in [0.05, 0.1) is 12.6 Å². The van der Waals surface area contributed by atoms with Crippen LogP contribution < -0.4 is 10.2 Å². The maximum absolute atomic E-state index is 12.9. The van der Waals surface area contributed by atoms with Crippen molar-refractivity contribution in [1.82, 2.24) is 10.2 Å². The summed E-state index contributed by atoms with van der Waals surface area (Å²) in [5, 5.41) is 15.0. The zero-order valence-corrected chi connectivity index (χ0v) is 20.1. The Kier molecular flexibility index (Phi) is 6.96. The number of aryl methyl sites for hydroxylation is 1. The van der Waals surface area contributed by atoms with Crippen LogP contribution in [0, 0.1) is 6.92 Å². The minimum Gasteiger partial charge on any atom is -0.507 e. The fourth-order valence-electron chi connectivity index (χ4n) is 5.06. The Labute approximate surface area is 196 Å². The first-order valence-electron chi connectivity index (χ1n) is 11.7. The fourth-order valence-corrected chi connectivity index (χ4v) is 5.24. The first-order chi connectivity index (χ1) is 15.4. The minimum atomic E-state index is -0.104. The van der Waals surface area contributed by atoms with Crippen molar-refractivity contribution in [3.8, 4) is 5.75 Å². The molecule has 2 unspecified atom stereocenters. The van der Waals surface area contributed by atoms with Gasteiger partial charge in [0.1, 0.15) is 5.75 Å². The summed E-state index contributed by atoms with van der Waals surface area (Å²) in [4.78, 5) is 17.4. The number of carbonyl (C=O) groups excluding carboxylic acids is 1. The van der Waals surface area contributed by atoms with Gasteiger partial charge in [-0.2, -0.15) is 0 Å². The maximum Gasteiger partial charge on any atom is 0.234 e. The predicted molar refractivity (Wildman–Crippen MR) is 131 cm³/mol. The third-order valence-electron chi connectivity index (χ3n) is 7.12. The van der Waals surface area contributed by atoms with Crippen molar-refractivity contribution < 1.29 is 9.90 Å². The Morgan fingerprint density at radius 2 is 2.00 bits per heavy atom. The number of piperazine rings is 1. The predicted octanol–water partition coefficient (Wildman–Crippen LogP) is 4.79. The van der Waals surface area contributed by atoms with Gasteiger partial charge >= 0.3 is 0 Å². The molecule has 1 fully saturated rings. The topological polar surface area (TPSA) is 55.8 Å². The number of hydrogen-bond acceptors (Lipinski definition) is 4. The monoisotopic (exact) mass is 455 g/mol. The smallest absolute Gasteiger partial charge is 0.234 e. The molecule has 0 bridgehead atoms. The van der Waals surface area contributed by atoms with Gasteiger partial charge < -0.3 is 15.3 Å². The molecule has 1 aliphatic carbocycles. The Morgan fingerprint density at radius 3 is 2.69 bits per heavy atom. The molecule has 32 heavy (non-hydrogen) atoms. The standard InChI is InChI=1S/C26H34ClN3O2/c1-4-17(2)22-14-18(3)21-8-9-23(25(21)26(22)32)28-24(31)16-29-10-12-30(13-11-29)20-7-5-6-19(27)15-20/h5-7,14-15,17,23,32H,4,8-13,16H2,1-3H3,(H,28,31). The van der Waals surface area contributed by atoms with Crippen molar-refractivity contribution in [3.05, 3.63) is 57.6 Å². The SMILES string of the molecule is CCC(C)c1cc(C)c2c(c1O)C(NC(=O)CN1CCN(c3cccc(Cl)c3)CC1)CC2. The molecule has 1 saturated heterocycles. The third kappa shape index (κ3) is 4.74. The van der Waals surface area contributed by atoms with E-state index in [4.69, 9.17) is 11.6 Å². The third-order valence-corrected chi connectivity index (χ3v) is 7.36. The van der Waals surface area contributed by atoms with E-state index >= 15 is 0 Å². The van der Waals surface area contributed by atoms with E-state index in [0.717, 1.165) is 67.3 Å². The van der Waals surface area contributed by atoms with Crippen molar-refractivity contribution in [2.24, 2.45) is 0 Å². The molecule has 2 aromatic carbocycles. The molecule has 2 atom stereocenters. The van der Waals surface area contributed by atoms with Gasteiger partial charge in [0.25, 0.3) is 0 Å². The largest absolute Gasteiger partial charge is 0.507 e. The van der Waals surface area contributed by atoms with Crippen LogP contribution in [0.15, 0.2) is 30.3 Å². The average Bonchev–Trinajstić information content (AvgIpc) is 3.20. The van der Waals surface area contributed by atoms with E-state index in [1.54, 1.807) is 0 Å². The molecular weight excluding hydrogens is 422 g/mol. The average molecular weight is 456 g/mol. The van der Waals surface area contributed by atoms with Gasteiger partial charge in [0.15, 0.2) is 0 Å². The zero-order valence-electron chi connectivity index (χ0n) is 19.3. The van der Waals surface area contributed by atoms with Crippen LogP contribution in [-0.4, -0.2) is 48.6 Å². The van der Waals surface area contributed by atoms with E-state index < -0.39 is 0 Å². The lowest BCUT2D eigenvalue weighted by atomic mass is 9.90. The summed E-state index contributed by atoms with van der Waals surface area (Å²) in [5.74, 6) is 0.717. The van der Waals surface area contributed by atoms with Gasteiger partial charge in [-0.05, 0) is 67.0 Å². The lowest BCUT2D eigenvalue weighted by Crippen LogP contribution is -2.49. The van der Waals surface area contributed by atoms with Crippen molar-refractivity contribution in [2.45, 2.75) is 52.0 Å². The van der Waals surface area contributed by atoms with Crippen LogP contribution in [0.25, 0.3) is 0 Å². The fraction of sp³-hybridized carbons (Fsp3) is 0.500. The number of hydrogen-bond donors (Lipinski definition) is 2. The summed E-state index contributed by atoms with van der Waals surface area (Å²) in [7, 11) is 0. The van der Waals surface area contributed by atoms with Crippen LogP contribution >= 0.6 is 11.6 Å². The summed E-state index contributed by atoms with van der Waals surface area (Å²) in [6.07, 6.45) is 2.73. The lowest BCUT2D eigenvalue weighted by Gasteiger charge is -2.36. The van der Waals surface area contributed by atoms with E-state index in [1.807, 2.05) is 18.2 Å². The second-order valence-electron chi connectivity index (χ2n) is 9.23. The second-order valence-corrected chi connectivity index (χ2v) is 9.67. The summed E-state index contributed by atoms with van der Waals surface area (Å²) >= 11 is 6.13. The van der Waals surface area contributed by atoms with Gasteiger partial charge in [-0.3, -0.25) is 9.69 Å². The molecule has 5 nitrogen and oxygen atoms in total. The van der Waals surface area contributed by atoms with Gasteiger partial charge in [-0.25, -0.2) is 0 Å². The number of carbonyl (C=O) groups is 1. The second kappa shape index (κ2) is 9.72. The summed E-state index contributed by atoms with van der Waals surface area (Å²) < 4.78 is 0. The Morgan fingerprint density at radius 1 is 1.25 bits per heavy atom. The van der Waals surface area contributed by atoms with E-state index in [9.17, 15) is 9.90 Å². The lowest BCUT2D eigenvalue weighted by molar-refractivity contribution is -0.123. The van der Waals surface area contributed by atoms with Crippen LogP contribution in [0.4, 0.5) is 5.69 Å². The van der Waals surface area contributed by atoms with E-state index in [1.165, 1.54) is 11.1 Å². The molecule has 6 heteroatoms. The number of aromatic hydroxyl groups is 1. The van der Waals surface area contributed by atoms with Crippen molar-refractivity contribution in [2.75, 3.05) is 37.6 Å². The van der Waals surface area contributed by atoms with Crippen molar-refractivity contribution in [1.29, 1.82) is 0 Å². The van der Waals surface area contributed by atoms with Gasteiger partial charge in [0, 0.05) is 42.5 Å². The van der Waals surface area contributed by atoms with Crippen molar-refractivity contribution >= 4 is 23.2 Å². The molecule has 2 aliphatic rings. The number of anilines is 1. The number of nitrogens with one attached hydrogen (secondary N) is 1. The minimum absolute atomic E-state index is 0.0325. The number of phenolic OH excluding ortho intramolecular Hbond substituents is 1. The molecule has 172 valence electrons. The highest BCUT2D eigenvalue weighted by atomic mass is 35.5. The number of amides is 1. The van der Waals surface area contributed by atoms with E-state index in [-0.39, 0.29) is 11.9 Å². The number of halogens is 1. The van der Waals surface area contributed by atoms with E-state index in [2.05, 4.69) is 48.0 Å². The first kappa shape index (κ1) is 22.9. The molecule has 1 heterocycles. The molecule has 1 aliphatic heterocycles. The van der Waals surface area contributed by atoms with Crippen LogP contribution in [0.3, 0.4) is 0 Å². The zero-order chi connectivity index (χ0) is 22.8. The molecule has 0 aromatic heterocycles. The molecule has 0 spiro atoms. The number of nitrogens with zero attached hydrogens (tertiary/aromatic N) is 2. The number of phenols is 1. The quantitative estimate of drug-likeness (QED) is 0.657. The molecule has 0 radical (unpaired) electrons. The van der Waals surface area contributed by atoms with E-state index in [0.29, 0.717) is 18.2 Å². The highest BCUT2D eigenvalue weighted by Gasteiger charge is 2.31.